The average molecular weight is 287 g/mol. The van der Waals surface area contributed by atoms with Gasteiger partial charge in [-0.15, -0.1) is 0 Å². The average Bonchev–Trinajstić information content (AvgIpc) is 2.35. The van der Waals surface area contributed by atoms with Crippen molar-refractivity contribution in [2.75, 3.05) is 40.8 Å². The van der Waals surface area contributed by atoms with Gasteiger partial charge >= 0.3 is 12.0 Å². The van der Waals surface area contributed by atoms with E-state index in [-0.39, 0.29) is 12.5 Å². The summed E-state index contributed by atoms with van der Waals surface area (Å²) in [5.41, 5.74) is 0. The predicted octanol–water partition coefficient (Wildman–Crippen LogP) is 1.47. The van der Waals surface area contributed by atoms with Crippen LogP contribution in [-0.2, 0) is 4.79 Å². The fourth-order valence-corrected chi connectivity index (χ4v) is 1.80. The van der Waals surface area contributed by atoms with Crippen LogP contribution in [0.25, 0.3) is 0 Å². The molecule has 2 amide bonds. The van der Waals surface area contributed by atoms with E-state index in [9.17, 15) is 9.59 Å². The summed E-state index contributed by atoms with van der Waals surface area (Å²) >= 11 is 0. The molecule has 0 heterocycles. The fourth-order valence-electron chi connectivity index (χ4n) is 1.80. The zero-order chi connectivity index (χ0) is 15.5. The number of carboxylic acids is 1. The van der Waals surface area contributed by atoms with Crippen LogP contribution in [0.2, 0.25) is 0 Å². The van der Waals surface area contributed by atoms with E-state index in [0.29, 0.717) is 18.9 Å². The SMILES string of the molecule is CC(CCNC(=O)N(C)CCCN(C)C)CCC(=O)O. The van der Waals surface area contributed by atoms with E-state index in [2.05, 4.69) is 10.2 Å². The quantitative estimate of drug-likeness (QED) is 0.638. The van der Waals surface area contributed by atoms with E-state index in [1.807, 2.05) is 21.0 Å². The number of aliphatic carboxylic acids is 1. The first-order valence-electron chi connectivity index (χ1n) is 7.18. The Labute approximate surface area is 122 Å². The van der Waals surface area contributed by atoms with Crippen molar-refractivity contribution in [3.05, 3.63) is 0 Å². The van der Waals surface area contributed by atoms with E-state index in [1.54, 1.807) is 11.9 Å². The Balaban J connectivity index is 3.67. The highest BCUT2D eigenvalue weighted by Crippen LogP contribution is 2.09. The largest absolute Gasteiger partial charge is 0.481 e. The normalized spacial score (nSPS) is 12.2. The Morgan fingerprint density at radius 1 is 1.15 bits per heavy atom. The number of rotatable bonds is 10. The van der Waals surface area contributed by atoms with Gasteiger partial charge in [0.05, 0.1) is 0 Å². The van der Waals surface area contributed by atoms with Crippen molar-refractivity contribution >= 4 is 12.0 Å². The maximum Gasteiger partial charge on any atom is 0.317 e. The van der Waals surface area contributed by atoms with Crippen LogP contribution in [0.4, 0.5) is 4.79 Å². The van der Waals surface area contributed by atoms with E-state index in [1.165, 1.54) is 0 Å². The van der Waals surface area contributed by atoms with Crippen molar-refractivity contribution in [1.29, 1.82) is 0 Å². The molecule has 0 radical (unpaired) electrons. The Morgan fingerprint density at radius 2 is 1.80 bits per heavy atom. The van der Waals surface area contributed by atoms with Crippen molar-refractivity contribution in [2.24, 2.45) is 5.92 Å². The van der Waals surface area contributed by atoms with Crippen molar-refractivity contribution in [3.8, 4) is 0 Å². The standard InChI is InChI=1S/C14H29N3O3/c1-12(6-7-13(18)19)8-9-15-14(20)17(4)11-5-10-16(2)3/h12H,5-11H2,1-4H3,(H,15,20)(H,18,19). The number of carbonyl (C=O) groups excluding carboxylic acids is 1. The van der Waals surface area contributed by atoms with Crippen LogP contribution in [0, 0.1) is 5.92 Å². The van der Waals surface area contributed by atoms with Crippen molar-refractivity contribution < 1.29 is 14.7 Å². The molecule has 0 aromatic carbocycles. The third kappa shape index (κ3) is 10.6. The van der Waals surface area contributed by atoms with Gasteiger partial charge in [0.25, 0.3) is 0 Å². The molecular formula is C14H29N3O3. The van der Waals surface area contributed by atoms with E-state index in [4.69, 9.17) is 5.11 Å². The summed E-state index contributed by atoms with van der Waals surface area (Å²) in [5, 5.41) is 11.5. The first kappa shape index (κ1) is 18.7. The lowest BCUT2D eigenvalue weighted by Gasteiger charge is -2.19. The first-order valence-corrected chi connectivity index (χ1v) is 7.18. The van der Waals surface area contributed by atoms with Crippen molar-refractivity contribution in [3.63, 3.8) is 0 Å². The molecular weight excluding hydrogens is 258 g/mol. The van der Waals surface area contributed by atoms with Crippen molar-refractivity contribution in [1.82, 2.24) is 15.1 Å². The second-order valence-electron chi connectivity index (χ2n) is 5.64. The van der Waals surface area contributed by atoms with Gasteiger partial charge in [0.1, 0.15) is 0 Å². The van der Waals surface area contributed by atoms with Gasteiger partial charge in [-0.1, -0.05) is 6.92 Å². The Hall–Kier alpha value is -1.30. The molecule has 0 aromatic rings. The second-order valence-corrected chi connectivity index (χ2v) is 5.64. The summed E-state index contributed by atoms with van der Waals surface area (Å²) in [6.45, 7) is 4.30. The zero-order valence-corrected chi connectivity index (χ0v) is 13.2. The fraction of sp³-hybridized carbons (Fsp3) is 0.857. The minimum Gasteiger partial charge on any atom is -0.481 e. The highest BCUT2D eigenvalue weighted by Gasteiger charge is 2.09. The monoisotopic (exact) mass is 287 g/mol. The maximum atomic E-state index is 11.8. The number of urea groups is 1. The van der Waals surface area contributed by atoms with Crippen LogP contribution in [0.1, 0.15) is 32.6 Å². The van der Waals surface area contributed by atoms with Crippen LogP contribution < -0.4 is 5.32 Å². The smallest absolute Gasteiger partial charge is 0.317 e. The maximum absolute atomic E-state index is 11.8. The molecule has 0 bridgehead atoms. The van der Waals surface area contributed by atoms with Gasteiger partial charge in [0.2, 0.25) is 0 Å². The molecule has 0 fully saturated rings. The Morgan fingerprint density at radius 3 is 2.35 bits per heavy atom. The van der Waals surface area contributed by atoms with Crippen LogP contribution in [0.3, 0.4) is 0 Å². The molecule has 118 valence electrons. The van der Waals surface area contributed by atoms with Gasteiger partial charge < -0.3 is 20.2 Å². The van der Waals surface area contributed by atoms with Gasteiger partial charge in [-0.2, -0.15) is 0 Å². The summed E-state index contributed by atoms with van der Waals surface area (Å²) in [6.07, 6.45) is 2.61. The molecule has 0 aliphatic heterocycles. The zero-order valence-electron chi connectivity index (χ0n) is 13.2. The van der Waals surface area contributed by atoms with Gasteiger partial charge in [-0.3, -0.25) is 4.79 Å². The van der Waals surface area contributed by atoms with E-state index < -0.39 is 5.97 Å². The number of nitrogens with zero attached hydrogens (tertiary/aromatic N) is 2. The van der Waals surface area contributed by atoms with E-state index in [0.717, 1.165) is 25.9 Å². The highest BCUT2D eigenvalue weighted by molar-refractivity contribution is 5.73. The molecule has 0 saturated heterocycles. The van der Waals surface area contributed by atoms with Gasteiger partial charge in [-0.25, -0.2) is 4.79 Å². The van der Waals surface area contributed by atoms with Crippen LogP contribution >= 0.6 is 0 Å². The Kier molecular flexibility index (Phi) is 9.80. The van der Waals surface area contributed by atoms with Gasteiger partial charge in [0.15, 0.2) is 0 Å². The lowest BCUT2D eigenvalue weighted by atomic mass is 10.0. The third-order valence-corrected chi connectivity index (χ3v) is 3.21. The molecule has 6 nitrogen and oxygen atoms in total. The molecule has 0 spiro atoms. The number of carbonyl (C=O) groups is 2. The molecule has 0 rings (SSSR count). The lowest BCUT2D eigenvalue weighted by molar-refractivity contribution is -0.137. The first-order chi connectivity index (χ1) is 9.32. The molecule has 0 saturated carbocycles. The highest BCUT2D eigenvalue weighted by atomic mass is 16.4. The minimum absolute atomic E-state index is 0.0609. The lowest BCUT2D eigenvalue weighted by Crippen LogP contribution is -2.39. The summed E-state index contributed by atoms with van der Waals surface area (Å²) in [6, 6.07) is -0.0609. The number of carboxylic acid groups (broad SMARTS) is 1. The number of hydrogen-bond donors (Lipinski definition) is 2. The van der Waals surface area contributed by atoms with Crippen LogP contribution in [-0.4, -0.2) is 67.7 Å². The summed E-state index contributed by atoms with van der Waals surface area (Å²) in [7, 11) is 5.82. The molecule has 2 N–H and O–H groups in total. The summed E-state index contributed by atoms with van der Waals surface area (Å²) < 4.78 is 0. The number of hydrogen-bond acceptors (Lipinski definition) is 3. The minimum atomic E-state index is -0.762. The Bertz CT molecular complexity index is 295. The molecule has 0 aliphatic carbocycles. The molecule has 6 heteroatoms. The summed E-state index contributed by atoms with van der Waals surface area (Å²) in [4.78, 5) is 26.0. The number of amides is 2. The van der Waals surface area contributed by atoms with Gasteiger partial charge in [-0.05, 0) is 45.8 Å². The third-order valence-electron chi connectivity index (χ3n) is 3.21. The number of nitrogens with one attached hydrogen (secondary N) is 1. The second kappa shape index (κ2) is 10.5. The molecule has 1 unspecified atom stereocenters. The molecule has 20 heavy (non-hydrogen) atoms. The molecule has 0 aliphatic rings. The molecule has 0 aromatic heterocycles. The van der Waals surface area contributed by atoms with Gasteiger partial charge in [0, 0.05) is 26.6 Å². The van der Waals surface area contributed by atoms with Crippen LogP contribution in [0.15, 0.2) is 0 Å². The van der Waals surface area contributed by atoms with Crippen molar-refractivity contribution in [2.45, 2.75) is 32.6 Å². The predicted molar refractivity (Wildman–Crippen MR) is 79.9 cm³/mol. The molecule has 1 atom stereocenters. The summed E-state index contributed by atoms with van der Waals surface area (Å²) in [5.74, 6) is -0.452. The van der Waals surface area contributed by atoms with Crippen LogP contribution in [0.5, 0.6) is 0 Å². The van der Waals surface area contributed by atoms with E-state index >= 15 is 0 Å². The topological polar surface area (TPSA) is 72.9 Å².